The molecular weight excluding hydrogens is 236 g/mol. The predicted molar refractivity (Wildman–Crippen MR) is 63.5 cm³/mol. The smallest absolute Gasteiger partial charge is 0.272 e. The Morgan fingerprint density at radius 2 is 2.17 bits per heavy atom. The SMILES string of the molecule is NC(=NO)c1ccc(C(=O)N2CCOCC2)nc1. The van der Waals surface area contributed by atoms with Gasteiger partial charge < -0.3 is 20.6 Å². The number of nitrogens with two attached hydrogens (primary N) is 1. The summed E-state index contributed by atoms with van der Waals surface area (Å²) in [5, 5.41) is 11.4. The van der Waals surface area contributed by atoms with Crippen LogP contribution in [0.2, 0.25) is 0 Å². The minimum atomic E-state index is -0.135. The van der Waals surface area contributed by atoms with Crippen molar-refractivity contribution in [3.8, 4) is 0 Å². The summed E-state index contributed by atoms with van der Waals surface area (Å²) in [5.41, 5.74) is 6.22. The van der Waals surface area contributed by atoms with Crippen molar-refractivity contribution < 1.29 is 14.7 Å². The van der Waals surface area contributed by atoms with Crippen molar-refractivity contribution in [2.75, 3.05) is 26.3 Å². The molecule has 1 amide bonds. The zero-order chi connectivity index (χ0) is 13.0. The number of nitrogens with zero attached hydrogens (tertiary/aromatic N) is 3. The lowest BCUT2D eigenvalue weighted by Crippen LogP contribution is -2.41. The maximum absolute atomic E-state index is 12.0. The quantitative estimate of drug-likeness (QED) is 0.323. The van der Waals surface area contributed by atoms with E-state index in [9.17, 15) is 4.79 Å². The van der Waals surface area contributed by atoms with Crippen LogP contribution in [0, 0.1) is 0 Å². The molecule has 0 aliphatic carbocycles. The molecule has 1 fully saturated rings. The monoisotopic (exact) mass is 250 g/mol. The molecule has 2 heterocycles. The first-order valence-corrected chi connectivity index (χ1v) is 5.53. The fourth-order valence-electron chi connectivity index (χ4n) is 1.66. The number of carbonyl (C=O) groups excluding carboxylic acids is 1. The van der Waals surface area contributed by atoms with Crippen LogP contribution in [0.15, 0.2) is 23.5 Å². The molecule has 3 N–H and O–H groups in total. The van der Waals surface area contributed by atoms with E-state index < -0.39 is 0 Å². The maximum atomic E-state index is 12.0. The van der Waals surface area contributed by atoms with E-state index in [1.165, 1.54) is 6.20 Å². The molecule has 1 aliphatic heterocycles. The van der Waals surface area contributed by atoms with Gasteiger partial charge in [-0.05, 0) is 12.1 Å². The minimum absolute atomic E-state index is 0.0344. The molecule has 0 atom stereocenters. The number of aromatic nitrogens is 1. The standard InChI is InChI=1S/C11H14N4O3/c12-10(14-17)8-1-2-9(13-7-8)11(16)15-3-5-18-6-4-15/h1-2,7,17H,3-6H2,(H2,12,14). The molecular formula is C11H14N4O3. The Bertz CT molecular complexity index is 452. The summed E-state index contributed by atoms with van der Waals surface area (Å²) in [6.45, 7) is 2.24. The lowest BCUT2D eigenvalue weighted by Gasteiger charge is -2.26. The number of hydrogen-bond acceptors (Lipinski definition) is 5. The van der Waals surface area contributed by atoms with Gasteiger partial charge in [-0.25, -0.2) is 0 Å². The first kappa shape index (κ1) is 12.3. The zero-order valence-electron chi connectivity index (χ0n) is 9.74. The molecule has 0 spiro atoms. The van der Waals surface area contributed by atoms with Crippen molar-refractivity contribution in [3.05, 3.63) is 29.6 Å². The predicted octanol–water partition coefficient (Wildman–Crippen LogP) is -0.351. The highest BCUT2D eigenvalue weighted by Gasteiger charge is 2.19. The van der Waals surface area contributed by atoms with Gasteiger partial charge in [0.1, 0.15) is 5.69 Å². The molecule has 0 radical (unpaired) electrons. The minimum Gasteiger partial charge on any atom is -0.409 e. The molecule has 1 aromatic heterocycles. The fraction of sp³-hybridized carbons (Fsp3) is 0.364. The number of amides is 1. The second kappa shape index (κ2) is 5.46. The van der Waals surface area contributed by atoms with Crippen molar-refractivity contribution in [1.29, 1.82) is 0 Å². The summed E-state index contributed by atoms with van der Waals surface area (Å²) < 4.78 is 5.18. The molecule has 1 aliphatic rings. The second-order valence-electron chi connectivity index (χ2n) is 3.82. The van der Waals surface area contributed by atoms with Crippen LogP contribution in [0.5, 0.6) is 0 Å². The Labute approximate surface area is 104 Å². The van der Waals surface area contributed by atoms with Crippen LogP contribution in [-0.2, 0) is 4.74 Å². The number of amidine groups is 1. The molecule has 18 heavy (non-hydrogen) atoms. The molecule has 1 aromatic rings. The molecule has 0 saturated carbocycles. The van der Waals surface area contributed by atoms with Crippen LogP contribution in [0.25, 0.3) is 0 Å². The van der Waals surface area contributed by atoms with Crippen LogP contribution in [0.1, 0.15) is 16.1 Å². The summed E-state index contributed by atoms with van der Waals surface area (Å²) in [5.74, 6) is -0.169. The zero-order valence-corrected chi connectivity index (χ0v) is 9.74. The average molecular weight is 250 g/mol. The maximum Gasteiger partial charge on any atom is 0.272 e. The third kappa shape index (κ3) is 2.57. The number of rotatable bonds is 2. The molecule has 1 saturated heterocycles. The molecule has 2 rings (SSSR count). The van der Waals surface area contributed by atoms with Gasteiger partial charge in [0.2, 0.25) is 0 Å². The number of oxime groups is 1. The molecule has 0 bridgehead atoms. The number of pyridine rings is 1. The van der Waals surface area contributed by atoms with Crippen molar-refractivity contribution in [2.24, 2.45) is 10.9 Å². The van der Waals surface area contributed by atoms with Gasteiger partial charge in [-0.2, -0.15) is 0 Å². The summed E-state index contributed by atoms with van der Waals surface area (Å²) in [6.07, 6.45) is 1.41. The molecule has 0 unspecified atom stereocenters. The van der Waals surface area contributed by atoms with Gasteiger partial charge >= 0.3 is 0 Å². The van der Waals surface area contributed by atoms with E-state index in [0.717, 1.165) is 0 Å². The summed E-state index contributed by atoms with van der Waals surface area (Å²) >= 11 is 0. The van der Waals surface area contributed by atoms with E-state index in [0.29, 0.717) is 37.6 Å². The van der Waals surface area contributed by atoms with Gasteiger partial charge in [-0.3, -0.25) is 9.78 Å². The van der Waals surface area contributed by atoms with Crippen LogP contribution in [0.4, 0.5) is 0 Å². The normalized spacial score (nSPS) is 16.7. The lowest BCUT2D eigenvalue weighted by molar-refractivity contribution is 0.0299. The molecule has 7 nitrogen and oxygen atoms in total. The highest BCUT2D eigenvalue weighted by Crippen LogP contribution is 2.06. The topological polar surface area (TPSA) is 101 Å². The number of ether oxygens (including phenoxy) is 1. The lowest BCUT2D eigenvalue weighted by atomic mass is 10.2. The van der Waals surface area contributed by atoms with E-state index in [1.807, 2.05) is 0 Å². The Balaban J connectivity index is 2.11. The van der Waals surface area contributed by atoms with E-state index in [1.54, 1.807) is 17.0 Å². The molecule has 96 valence electrons. The largest absolute Gasteiger partial charge is 0.409 e. The van der Waals surface area contributed by atoms with E-state index in [-0.39, 0.29) is 11.7 Å². The molecule has 0 aromatic carbocycles. The van der Waals surface area contributed by atoms with Crippen molar-refractivity contribution >= 4 is 11.7 Å². The first-order chi connectivity index (χ1) is 8.72. The summed E-state index contributed by atoms with van der Waals surface area (Å²) in [7, 11) is 0. The van der Waals surface area contributed by atoms with Gasteiger partial charge in [0, 0.05) is 24.8 Å². The highest BCUT2D eigenvalue weighted by atomic mass is 16.5. The summed E-state index contributed by atoms with van der Waals surface area (Å²) in [6, 6.07) is 3.15. The third-order valence-corrected chi connectivity index (χ3v) is 2.68. The number of morpholine rings is 1. The van der Waals surface area contributed by atoms with Crippen LogP contribution < -0.4 is 5.73 Å². The highest BCUT2D eigenvalue weighted by molar-refractivity contribution is 5.98. The van der Waals surface area contributed by atoms with Gasteiger partial charge in [0.15, 0.2) is 5.84 Å². The van der Waals surface area contributed by atoms with Crippen molar-refractivity contribution in [1.82, 2.24) is 9.88 Å². The summed E-state index contributed by atoms with van der Waals surface area (Å²) in [4.78, 5) is 17.8. The number of carbonyl (C=O) groups is 1. The van der Waals surface area contributed by atoms with Gasteiger partial charge in [0.05, 0.1) is 13.2 Å². The van der Waals surface area contributed by atoms with Crippen molar-refractivity contribution in [2.45, 2.75) is 0 Å². The van der Waals surface area contributed by atoms with Crippen LogP contribution >= 0.6 is 0 Å². The van der Waals surface area contributed by atoms with E-state index in [2.05, 4.69) is 10.1 Å². The van der Waals surface area contributed by atoms with Gasteiger partial charge in [-0.1, -0.05) is 5.16 Å². The molecule has 7 heteroatoms. The van der Waals surface area contributed by atoms with Crippen LogP contribution in [0.3, 0.4) is 0 Å². The van der Waals surface area contributed by atoms with Gasteiger partial charge in [0.25, 0.3) is 5.91 Å². The van der Waals surface area contributed by atoms with Crippen molar-refractivity contribution in [3.63, 3.8) is 0 Å². The Morgan fingerprint density at radius 1 is 1.44 bits per heavy atom. The first-order valence-electron chi connectivity index (χ1n) is 5.53. The van der Waals surface area contributed by atoms with Gasteiger partial charge in [-0.15, -0.1) is 0 Å². The third-order valence-electron chi connectivity index (χ3n) is 2.68. The number of hydrogen-bond donors (Lipinski definition) is 2. The fourth-order valence-corrected chi connectivity index (χ4v) is 1.66. The Kier molecular flexibility index (Phi) is 3.73. The second-order valence-corrected chi connectivity index (χ2v) is 3.82. The van der Waals surface area contributed by atoms with Crippen LogP contribution in [-0.4, -0.2) is 53.1 Å². The Hall–Kier alpha value is -2.15. The Morgan fingerprint density at radius 3 is 2.72 bits per heavy atom. The van der Waals surface area contributed by atoms with E-state index >= 15 is 0 Å². The van der Waals surface area contributed by atoms with E-state index in [4.69, 9.17) is 15.7 Å². The average Bonchev–Trinajstić information content (AvgIpc) is 2.47.